The van der Waals surface area contributed by atoms with Gasteiger partial charge in [0.25, 0.3) is 5.91 Å². The minimum absolute atomic E-state index is 0.0219. The summed E-state index contributed by atoms with van der Waals surface area (Å²) in [6, 6.07) is 2.90. The van der Waals surface area contributed by atoms with Crippen molar-refractivity contribution < 1.29 is 18.4 Å². The van der Waals surface area contributed by atoms with E-state index >= 15 is 0 Å². The number of carbonyl (C=O) groups excluding carboxylic acids is 2. The Morgan fingerprint density at radius 3 is 2.75 bits per heavy atom. The first kappa shape index (κ1) is 14.9. The van der Waals surface area contributed by atoms with Crippen molar-refractivity contribution in [2.24, 2.45) is 0 Å². The van der Waals surface area contributed by atoms with Gasteiger partial charge in [-0.3, -0.25) is 14.5 Å². The molecule has 0 atom stereocenters. The fourth-order valence-corrected chi connectivity index (χ4v) is 2.74. The lowest BCUT2D eigenvalue weighted by Gasteiger charge is -2.15. The molecule has 1 N–H and O–H groups in total. The first-order valence-corrected chi connectivity index (χ1v) is 7.09. The Labute approximate surface area is 123 Å². The average molecular weight is 316 g/mol. The van der Waals surface area contributed by atoms with Gasteiger partial charge in [-0.1, -0.05) is 24.0 Å². The second kappa shape index (κ2) is 6.27. The minimum Gasteiger partial charge on any atom is -0.350 e. The maximum absolute atomic E-state index is 13.0. The first-order chi connectivity index (χ1) is 9.49. The summed E-state index contributed by atoms with van der Waals surface area (Å²) in [7, 11) is 0. The molecule has 106 valence electrons. The van der Waals surface area contributed by atoms with Gasteiger partial charge in [-0.2, -0.15) is 0 Å². The Hall–Kier alpha value is -1.54. The van der Waals surface area contributed by atoms with E-state index in [0.717, 1.165) is 12.1 Å². The lowest BCUT2D eigenvalue weighted by molar-refractivity contribution is -0.123. The third-order valence-electron chi connectivity index (χ3n) is 2.64. The predicted molar refractivity (Wildman–Crippen MR) is 75.5 cm³/mol. The Bertz CT molecular complexity index is 565. The number of nitrogens with one attached hydrogen (secondary N) is 1. The number of hydrogen-bond donors (Lipinski definition) is 1. The molecule has 1 fully saturated rings. The second-order valence-corrected chi connectivity index (χ2v) is 5.59. The van der Waals surface area contributed by atoms with E-state index in [0.29, 0.717) is 10.1 Å². The molecule has 20 heavy (non-hydrogen) atoms. The highest BCUT2D eigenvalue weighted by Gasteiger charge is 2.25. The predicted octanol–water partition coefficient (Wildman–Crippen LogP) is 1.55. The molecule has 1 aromatic carbocycles. The monoisotopic (exact) mass is 316 g/mol. The van der Waals surface area contributed by atoms with E-state index < -0.39 is 17.5 Å². The van der Waals surface area contributed by atoms with Crippen molar-refractivity contribution in [3.63, 3.8) is 0 Å². The maximum atomic E-state index is 13.0. The van der Waals surface area contributed by atoms with Crippen LogP contribution in [0, 0.1) is 11.6 Å². The summed E-state index contributed by atoms with van der Waals surface area (Å²) in [6.45, 7) is 0.449. The summed E-state index contributed by atoms with van der Waals surface area (Å²) < 4.78 is 26.2. The SMILES string of the molecule is O=C(NCCN1C(=O)CSC1=S)c1ccc(F)c(F)c1. The smallest absolute Gasteiger partial charge is 0.251 e. The zero-order valence-corrected chi connectivity index (χ0v) is 11.8. The van der Waals surface area contributed by atoms with Gasteiger partial charge in [-0.15, -0.1) is 0 Å². The summed E-state index contributed by atoms with van der Waals surface area (Å²) in [4.78, 5) is 24.5. The van der Waals surface area contributed by atoms with Crippen LogP contribution in [0.1, 0.15) is 10.4 Å². The first-order valence-electron chi connectivity index (χ1n) is 5.69. The average Bonchev–Trinajstić information content (AvgIpc) is 2.73. The van der Waals surface area contributed by atoms with Crippen LogP contribution in [-0.4, -0.2) is 39.9 Å². The van der Waals surface area contributed by atoms with Crippen LogP contribution in [0.4, 0.5) is 8.78 Å². The number of thioether (sulfide) groups is 1. The Morgan fingerprint density at radius 1 is 1.40 bits per heavy atom. The summed E-state index contributed by atoms with van der Waals surface area (Å²) in [6.07, 6.45) is 0. The molecular formula is C12H10F2N2O2S2. The molecule has 2 rings (SSSR count). The third kappa shape index (κ3) is 3.31. The number of benzene rings is 1. The van der Waals surface area contributed by atoms with Crippen LogP contribution in [0.15, 0.2) is 18.2 Å². The Morgan fingerprint density at radius 2 is 2.15 bits per heavy atom. The lowest BCUT2D eigenvalue weighted by Crippen LogP contribution is -2.37. The van der Waals surface area contributed by atoms with E-state index in [1.807, 2.05) is 0 Å². The number of hydrogen-bond acceptors (Lipinski definition) is 4. The van der Waals surface area contributed by atoms with Gasteiger partial charge in [0.15, 0.2) is 11.6 Å². The van der Waals surface area contributed by atoms with E-state index in [-0.39, 0.29) is 24.6 Å². The molecule has 0 spiro atoms. The van der Waals surface area contributed by atoms with Gasteiger partial charge in [-0.05, 0) is 18.2 Å². The number of rotatable bonds is 4. The van der Waals surface area contributed by atoms with Gasteiger partial charge in [-0.25, -0.2) is 8.78 Å². The second-order valence-electron chi connectivity index (χ2n) is 3.98. The topological polar surface area (TPSA) is 49.4 Å². The Kier molecular flexibility index (Phi) is 4.66. The molecule has 1 aliphatic rings. The van der Waals surface area contributed by atoms with Crippen LogP contribution in [-0.2, 0) is 4.79 Å². The molecular weight excluding hydrogens is 306 g/mol. The molecule has 0 bridgehead atoms. The van der Waals surface area contributed by atoms with Gasteiger partial charge < -0.3 is 5.32 Å². The number of thiocarbonyl (C=S) groups is 1. The molecule has 8 heteroatoms. The van der Waals surface area contributed by atoms with Crippen molar-refractivity contribution in [1.82, 2.24) is 10.2 Å². The highest BCUT2D eigenvalue weighted by molar-refractivity contribution is 8.23. The molecule has 2 amide bonds. The quantitative estimate of drug-likeness (QED) is 0.857. The van der Waals surface area contributed by atoms with Crippen molar-refractivity contribution in [1.29, 1.82) is 0 Å². The van der Waals surface area contributed by atoms with Crippen molar-refractivity contribution in [2.75, 3.05) is 18.8 Å². The molecule has 1 aliphatic heterocycles. The van der Waals surface area contributed by atoms with E-state index in [4.69, 9.17) is 12.2 Å². The molecule has 0 radical (unpaired) electrons. The number of nitrogens with zero attached hydrogens (tertiary/aromatic N) is 1. The standard InChI is InChI=1S/C12H10F2N2O2S2/c13-8-2-1-7(5-9(8)14)11(18)15-3-4-16-10(17)6-20-12(16)19/h1-2,5H,3-4,6H2,(H,15,18). The Balaban J connectivity index is 1.87. The molecule has 1 heterocycles. The fourth-order valence-electron chi connectivity index (χ4n) is 1.62. The number of halogens is 2. The van der Waals surface area contributed by atoms with E-state index in [9.17, 15) is 18.4 Å². The van der Waals surface area contributed by atoms with E-state index in [2.05, 4.69) is 5.32 Å². The molecule has 1 saturated heterocycles. The number of amides is 2. The van der Waals surface area contributed by atoms with Crippen molar-refractivity contribution in [2.45, 2.75) is 0 Å². The molecule has 4 nitrogen and oxygen atoms in total. The van der Waals surface area contributed by atoms with E-state index in [1.165, 1.54) is 22.7 Å². The van der Waals surface area contributed by atoms with Crippen LogP contribution >= 0.6 is 24.0 Å². The molecule has 1 aromatic rings. The van der Waals surface area contributed by atoms with Gasteiger partial charge >= 0.3 is 0 Å². The van der Waals surface area contributed by atoms with Crippen molar-refractivity contribution in [3.8, 4) is 0 Å². The molecule has 0 unspecified atom stereocenters. The van der Waals surface area contributed by atoms with Crippen LogP contribution in [0.2, 0.25) is 0 Å². The van der Waals surface area contributed by atoms with Gasteiger partial charge in [0.1, 0.15) is 4.32 Å². The van der Waals surface area contributed by atoms with Gasteiger partial charge in [0.05, 0.1) is 5.75 Å². The summed E-state index contributed by atoms with van der Waals surface area (Å²) >= 11 is 6.26. The molecule has 0 saturated carbocycles. The highest BCUT2D eigenvalue weighted by atomic mass is 32.2. The largest absolute Gasteiger partial charge is 0.350 e. The third-order valence-corrected chi connectivity index (χ3v) is 4.08. The number of carbonyl (C=O) groups is 2. The van der Waals surface area contributed by atoms with Crippen molar-refractivity contribution >= 4 is 40.1 Å². The summed E-state index contributed by atoms with van der Waals surface area (Å²) in [5.74, 6) is -2.40. The van der Waals surface area contributed by atoms with Crippen LogP contribution in [0.25, 0.3) is 0 Å². The van der Waals surface area contributed by atoms with Crippen LogP contribution < -0.4 is 5.32 Å². The van der Waals surface area contributed by atoms with Gasteiger partial charge in [0.2, 0.25) is 5.91 Å². The zero-order chi connectivity index (χ0) is 14.7. The normalized spacial score (nSPS) is 14.8. The minimum atomic E-state index is -1.08. The molecule has 0 aromatic heterocycles. The lowest BCUT2D eigenvalue weighted by atomic mass is 10.2. The maximum Gasteiger partial charge on any atom is 0.251 e. The van der Waals surface area contributed by atoms with Gasteiger partial charge in [0, 0.05) is 18.7 Å². The van der Waals surface area contributed by atoms with Crippen LogP contribution in [0.5, 0.6) is 0 Å². The summed E-state index contributed by atoms with van der Waals surface area (Å²) in [5.41, 5.74) is 0.0219. The highest BCUT2D eigenvalue weighted by Crippen LogP contribution is 2.18. The zero-order valence-electron chi connectivity index (χ0n) is 10.2. The fraction of sp³-hybridized carbons (Fsp3) is 0.250. The van der Waals surface area contributed by atoms with Crippen molar-refractivity contribution in [3.05, 3.63) is 35.4 Å². The summed E-state index contributed by atoms with van der Waals surface area (Å²) in [5, 5.41) is 2.52. The van der Waals surface area contributed by atoms with E-state index in [1.54, 1.807) is 0 Å². The molecule has 0 aliphatic carbocycles. The van der Waals surface area contributed by atoms with Crippen LogP contribution in [0.3, 0.4) is 0 Å².